The van der Waals surface area contributed by atoms with E-state index in [1.54, 1.807) is 25.3 Å². The van der Waals surface area contributed by atoms with Crippen molar-refractivity contribution in [3.05, 3.63) is 30.1 Å². The number of hydrogen-bond acceptors (Lipinski definition) is 3. The second-order valence-electron chi connectivity index (χ2n) is 2.82. The van der Waals surface area contributed by atoms with Gasteiger partial charge in [0.05, 0.1) is 5.52 Å². The molecule has 0 atom stereocenters. The number of benzene rings is 1. The highest BCUT2D eigenvalue weighted by atomic mass is 16.6. The van der Waals surface area contributed by atoms with Crippen LogP contribution in [0.3, 0.4) is 0 Å². The van der Waals surface area contributed by atoms with Crippen molar-refractivity contribution in [3.8, 4) is 0 Å². The third-order valence-corrected chi connectivity index (χ3v) is 2.00. The summed E-state index contributed by atoms with van der Waals surface area (Å²) in [5.74, 6) is -0.459. The number of hydrogen-bond donors (Lipinski definition) is 1. The smallest absolute Gasteiger partial charge is 0.248 e. The van der Waals surface area contributed by atoms with E-state index in [1.165, 1.54) is 11.1 Å². The molecule has 0 aliphatic carbocycles. The van der Waals surface area contributed by atoms with E-state index in [0.29, 0.717) is 11.1 Å². The molecule has 0 fully saturated rings. The Morgan fingerprint density at radius 2 is 2.36 bits per heavy atom. The molecule has 2 N–H and O–H groups in total. The maximum Gasteiger partial charge on any atom is 0.248 e. The van der Waals surface area contributed by atoms with Crippen molar-refractivity contribution < 1.29 is 9.63 Å². The molecule has 1 aromatic carbocycles. The summed E-state index contributed by atoms with van der Waals surface area (Å²) in [4.78, 5) is 19.9. The van der Waals surface area contributed by atoms with E-state index in [2.05, 4.69) is 4.98 Å². The van der Waals surface area contributed by atoms with Crippen LogP contribution >= 0.6 is 0 Å². The van der Waals surface area contributed by atoms with E-state index >= 15 is 0 Å². The lowest BCUT2D eigenvalue weighted by Crippen LogP contribution is -2.10. The molecule has 1 aromatic heterocycles. The van der Waals surface area contributed by atoms with Crippen LogP contribution in [0.15, 0.2) is 24.5 Å². The fourth-order valence-electron chi connectivity index (χ4n) is 1.29. The number of fused-ring (bicyclic) bond motifs is 1. The molecule has 2 aromatic rings. The number of imidazole rings is 1. The maximum absolute atomic E-state index is 10.9. The third kappa shape index (κ3) is 1.19. The highest BCUT2D eigenvalue weighted by Gasteiger charge is 2.05. The van der Waals surface area contributed by atoms with Crippen LogP contribution in [0.5, 0.6) is 0 Å². The van der Waals surface area contributed by atoms with E-state index in [9.17, 15) is 4.79 Å². The highest BCUT2D eigenvalue weighted by molar-refractivity contribution is 5.96. The fraction of sp³-hybridized carbons (Fsp3) is 0.111. The Morgan fingerprint density at radius 3 is 3.00 bits per heavy atom. The zero-order chi connectivity index (χ0) is 10.1. The lowest BCUT2D eigenvalue weighted by atomic mass is 10.2. The molecule has 0 unspecified atom stereocenters. The van der Waals surface area contributed by atoms with Crippen molar-refractivity contribution in [1.29, 1.82) is 0 Å². The zero-order valence-corrected chi connectivity index (χ0v) is 7.60. The van der Waals surface area contributed by atoms with Gasteiger partial charge in [0.15, 0.2) is 0 Å². The van der Waals surface area contributed by atoms with Gasteiger partial charge in [0.25, 0.3) is 0 Å². The molecule has 14 heavy (non-hydrogen) atoms. The summed E-state index contributed by atoms with van der Waals surface area (Å²) >= 11 is 0. The minimum Gasteiger partial charge on any atom is -0.416 e. The first-order chi connectivity index (χ1) is 6.72. The van der Waals surface area contributed by atoms with Gasteiger partial charge in [-0.3, -0.25) is 4.79 Å². The Labute approximate surface area is 80.1 Å². The number of nitrogens with two attached hydrogens (primary N) is 1. The van der Waals surface area contributed by atoms with Crippen LogP contribution in [-0.2, 0) is 0 Å². The molecule has 1 heterocycles. The van der Waals surface area contributed by atoms with Gasteiger partial charge in [-0.2, -0.15) is 4.73 Å². The van der Waals surface area contributed by atoms with Crippen molar-refractivity contribution >= 4 is 16.9 Å². The summed E-state index contributed by atoms with van der Waals surface area (Å²) in [5, 5.41) is 0. The summed E-state index contributed by atoms with van der Waals surface area (Å²) < 4.78 is 1.51. The zero-order valence-electron chi connectivity index (χ0n) is 7.60. The van der Waals surface area contributed by atoms with Crippen LogP contribution in [0.2, 0.25) is 0 Å². The molecule has 5 heteroatoms. The van der Waals surface area contributed by atoms with Gasteiger partial charge in [-0.15, -0.1) is 0 Å². The minimum atomic E-state index is -0.459. The average molecular weight is 191 g/mol. The Bertz CT molecular complexity index is 490. The van der Waals surface area contributed by atoms with E-state index in [0.717, 1.165) is 5.52 Å². The minimum absolute atomic E-state index is 0.443. The highest BCUT2D eigenvalue weighted by Crippen LogP contribution is 2.13. The molecular weight excluding hydrogens is 182 g/mol. The van der Waals surface area contributed by atoms with E-state index in [1.807, 2.05) is 0 Å². The predicted molar refractivity (Wildman–Crippen MR) is 50.8 cm³/mol. The Morgan fingerprint density at radius 1 is 1.57 bits per heavy atom. The summed E-state index contributed by atoms with van der Waals surface area (Å²) in [6, 6.07) is 5.01. The first kappa shape index (κ1) is 8.55. The summed E-state index contributed by atoms with van der Waals surface area (Å²) in [6.45, 7) is 0. The van der Waals surface area contributed by atoms with Crippen LogP contribution in [0.4, 0.5) is 0 Å². The molecule has 0 saturated heterocycles. The maximum atomic E-state index is 10.9. The van der Waals surface area contributed by atoms with Crippen LogP contribution in [-0.4, -0.2) is 22.7 Å². The molecule has 0 saturated carbocycles. The van der Waals surface area contributed by atoms with Gasteiger partial charge in [-0.1, -0.05) is 0 Å². The van der Waals surface area contributed by atoms with Crippen LogP contribution in [0, 0.1) is 0 Å². The topological polar surface area (TPSA) is 70.1 Å². The number of nitrogens with zero attached hydrogens (tertiary/aromatic N) is 2. The number of rotatable bonds is 2. The lowest BCUT2D eigenvalue weighted by Gasteiger charge is -2.00. The van der Waals surface area contributed by atoms with Crippen LogP contribution in [0.1, 0.15) is 10.4 Å². The number of amides is 1. The normalized spacial score (nSPS) is 10.4. The van der Waals surface area contributed by atoms with Gasteiger partial charge in [-0.05, 0) is 18.2 Å². The molecule has 0 bridgehead atoms. The number of primary amides is 1. The summed E-state index contributed by atoms with van der Waals surface area (Å²) in [5.41, 5.74) is 7.07. The van der Waals surface area contributed by atoms with E-state index in [4.69, 9.17) is 10.6 Å². The average Bonchev–Trinajstić information content (AvgIpc) is 2.59. The largest absolute Gasteiger partial charge is 0.416 e. The summed E-state index contributed by atoms with van der Waals surface area (Å²) in [7, 11) is 1.54. The van der Waals surface area contributed by atoms with Gasteiger partial charge in [0.1, 0.15) is 19.0 Å². The molecule has 5 nitrogen and oxygen atoms in total. The van der Waals surface area contributed by atoms with Crippen LogP contribution < -0.4 is 10.6 Å². The van der Waals surface area contributed by atoms with Crippen LogP contribution in [0.25, 0.3) is 11.0 Å². The Hall–Kier alpha value is -2.04. The number of carbonyl (C=O) groups is 1. The second-order valence-corrected chi connectivity index (χ2v) is 2.82. The molecular formula is C9H9N3O2. The second kappa shape index (κ2) is 3.02. The van der Waals surface area contributed by atoms with Crippen molar-refractivity contribution in [2.24, 2.45) is 5.73 Å². The van der Waals surface area contributed by atoms with E-state index in [-0.39, 0.29) is 0 Å². The quantitative estimate of drug-likeness (QED) is 0.736. The van der Waals surface area contributed by atoms with E-state index < -0.39 is 5.91 Å². The Kier molecular flexibility index (Phi) is 1.85. The summed E-state index contributed by atoms with van der Waals surface area (Å²) in [6.07, 6.45) is 1.54. The number of aromatic nitrogens is 2. The van der Waals surface area contributed by atoms with Crippen molar-refractivity contribution in [3.63, 3.8) is 0 Å². The molecule has 72 valence electrons. The molecule has 0 spiro atoms. The molecule has 0 radical (unpaired) electrons. The third-order valence-electron chi connectivity index (χ3n) is 2.00. The van der Waals surface area contributed by atoms with Gasteiger partial charge < -0.3 is 10.6 Å². The standard InChI is InChI=1S/C9H9N3O2/c1-14-12-5-11-7-4-6(9(10)13)2-3-8(7)12/h2-5H,1H3,(H2,10,13). The Balaban J connectivity index is 2.63. The van der Waals surface area contributed by atoms with Gasteiger partial charge in [0.2, 0.25) is 5.91 Å². The van der Waals surface area contributed by atoms with Crippen molar-refractivity contribution in [1.82, 2.24) is 9.71 Å². The fourth-order valence-corrected chi connectivity index (χ4v) is 1.29. The monoisotopic (exact) mass is 191 g/mol. The van der Waals surface area contributed by atoms with Gasteiger partial charge in [0, 0.05) is 5.56 Å². The SMILES string of the molecule is COn1cnc2cc(C(N)=O)ccc21. The van der Waals surface area contributed by atoms with Gasteiger partial charge >= 0.3 is 0 Å². The first-order valence-corrected chi connectivity index (χ1v) is 4.04. The molecule has 1 amide bonds. The lowest BCUT2D eigenvalue weighted by molar-refractivity contribution is 0.100. The van der Waals surface area contributed by atoms with Gasteiger partial charge in [-0.25, -0.2) is 4.98 Å². The predicted octanol–water partition coefficient (Wildman–Crippen LogP) is 0.194. The number of carbonyl (C=O) groups excluding carboxylic acids is 1. The molecule has 2 rings (SSSR count). The van der Waals surface area contributed by atoms with Crippen molar-refractivity contribution in [2.75, 3.05) is 7.11 Å². The first-order valence-electron chi connectivity index (χ1n) is 4.04. The molecule has 0 aliphatic rings. The molecule has 0 aliphatic heterocycles. The van der Waals surface area contributed by atoms with Crippen molar-refractivity contribution in [2.45, 2.75) is 0 Å².